The molecule has 3 rings (SSSR count). The summed E-state index contributed by atoms with van der Waals surface area (Å²) in [5, 5.41) is 0. The average molecular weight is 338 g/mol. The Balaban J connectivity index is 1.64. The van der Waals surface area contributed by atoms with Gasteiger partial charge in [0.15, 0.2) is 0 Å². The fourth-order valence-corrected chi connectivity index (χ4v) is 2.38. The number of hydrogen-bond acceptors (Lipinski definition) is 5. The summed E-state index contributed by atoms with van der Waals surface area (Å²) in [4.78, 5) is 25.3. The van der Waals surface area contributed by atoms with Gasteiger partial charge in [-0.15, -0.1) is 0 Å². The number of nitrogens with zero attached hydrogens (tertiary/aromatic N) is 4. The van der Waals surface area contributed by atoms with Gasteiger partial charge in [-0.3, -0.25) is 4.79 Å². The van der Waals surface area contributed by atoms with Gasteiger partial charge in [-0.05, 0) is 12.1 Å². The van der Waals surface area contributed by atoms with Crippen LogP contribution in [0.1, 0.15) is 22.6 Å². The molecule has 6 nitrogen and oxygen atoms in total. The highest BCUT2D eigenvalue weighted by Crippen LogP contribution is 2.31. The molecule has 3 heterocycles. The Morgan fingerprint density at radius 1 is 1.21 bits per heavy atom. The molecule has 0 radical (unpaired) electrons. The molecule has 1 saturated heterocycles. The second-order valence-electron chi connectivity index (χ2n) is 5.23. The van der Waals surface area contributed by atoms with Crippen LogP contribution >= 0.6 is 0 Å². The SMILES string of the molecule is O=C(c1ncccn1)N1CCC(Oc2cc(C(F)(F)F)ccn2)C1. The van der Waals surface area contributed by atoms with Crippen LogP contribution in [-0.2, 0) is 6.18 Å². The molecule has 9 heteroatoms. The van der Waals surface area contributed by atoms with E-state index in [4.69, 9.17) is 4.74 Å². The average Bonchev–Trinajstić information content (AvgIpc) is 3.03. The van der Waals surface area contributed by atoms with E-state index >= 15 is 0 Å². The smallest absolute Gasteiger partial charge is 0.416 e. The third-order valence-corrected chi connectivity index (χ3v) is 3.54. The molecule has 0 N–H and O–H groups in total. The van der Waals surface area contributed by atoms with Crippen LogP contribution in [0.2, 0.25) is 0 Å². The zero-order chi connectivity index (χ0) is 17.2. The second-order valence-corrected chi connectivity index (χ2v) is 5.23. The highest BCUT2D eigenvalue weighted by Gasteiger charge is 2.32. The summed E-state index contributed by atoms with van der Waals surface area (Å²) in [5.41, 5.74) is -0.823. The molecule has 0 aromatic carbocycles. The summed E-state index contributed by atoms with van der Waals surface area (Å²) in [6.45, 7) is 0.662. The van der Waals surface area contributed by atoms with Gasteiger partial charge in [0.25, 0.3) is 5.91 Å². The van der Waals surface area contributed by atoms with E-state index in [2.05, 4.69) is 15.0 Å². The molecule has 0 spiro atoms. The summed E-state index contributed by atoms with van der Waals surface area (Å²) in [7, 11) is 0. The van der Waals surface area contributed by atoms with E-state index < -0.39 is 17.8 Å². The van der Waals surface area contributed by atoms with Gasteiger partial charge in [0.05, 0.1) is 12.1 Å². The number of carbonyl (C=O) groups excluding carboxylic acids is 1. The molecule has 0 saturated carbocycles. The Morgan fingerprint density at radius 2 is 1.96 bits per heavy atom. The van der Waals surface area contributed by atoms with Crippen molar-refractivity contribution in [3.63, 3.8) is 0 Å². The molecule has 126 valence electrons. The number of halogens is 3. The standard InChI is InChI=1S/C15H13F3N4O2/c16-15(17,18)10-2-6-19-12(8-10)24-11-3-7-22(9-11)14(23)13-20-4-1-5-21-13/h1-2,4-6,8,11H,3,7,9H2. The maximum atomic E-state index is 12.7. The fraction of sp³-hybridized carbons (Fsp3) is 0.333. The van der Waals surface area contributed by atoms with Crippen molar-refractivity contribution >= 4 is 5.91 Å². The monoisotopic (exact) mass is 338 g/mol. The number of ether oxygens (including phenoxy) is 1. The van der Waals surface area contributed by atoms with Gasteiger partial charge >= 0.3 is 6.18 Å². The summed E-state index contributed by atoms with van der Waals surface area (Å²) >= 11 is 0. The Bertz CT molecular complexity index is 724. The van der Waals surface area contributed by atoms with Crippen LogP contribution in [0.3, 0.4) is 0 Å². The van der Waals surface area contributed by atoms with E-state index in [1.807, 2.05) is 0 Å². The summed E-state index contributed by atoms with van der Waals surface area (Å²) in [5.74, 6) is -0.367. The largest absolute Gasteiger partial charge is 0.472 e. The van der Waals surface area contributed by atoms with Crippen molar-refractivity contribution in [3.8, 4) is 5.88 Å². The van der Waals surface area contributed by atoms with Crippen molar-refractivity contribution in [1.82, 2.24) is 19.9 Å². The Labute approximate surface area is 135 Å². The fourth-order valence-electron chi connectivity index (χ4n) is 2.38. The van der Waals surface area contributed by atoms with E-state index in [1.54, 1.807) is 6.07 Å². The molecule has 1 unspecified atom stereocenters. The first-order valence-corrected chi connectivity index (χ1v) is 7.19. The molecule has 1 amide bonds. The predicted octanol–water partition coefficient (Wildman–Crippen LogP) is 2.18. The first-order chi connectivity index (χ1) is 11.4. The lowest BCUT2D eigenvalue weighted by Gasteiger charge is -2.16. The first-order valence-electron chi connectivity index (χ1n) is 7.19. The highest BCUT2D eigenvalue weighted by molar-refractivity contribution is 5.90. The number of pyridine rings is 1. The van der Waals surface area contributed by atoms with Gasteiger partial charge in [-0.2, -0.15) is 13.2 Å². The Hall–Kier alpha value is -2.71. The molecule has 0 bridgehead atoms. The Kier molecular flexibility index (Phi) is 4.32. The number of carbonyl (C=O) groups is 1. The van der Waals surface area contributed by atoms with E-state index in [1.165, 1.54) is 17.3 Å². The van der Waals surface area contributed by atoms with Crippen LogP contribution in [0.25, 0.3) is 0 Å². The molecule has 1 fully saturated rings. The van der Waals surface area contributed by atoms with Crippen LogP contribution in [0, 0.1) is 0 Å². The van der Waals surface area contributed by atoms with E-state index in [0.29, 0.717) is 13.0 Å². The zero-order valence-corrected chi connectivity index (χ0v) is 12.4. The van der Waals surface area contributed by atoms with Crippen LogP contribution in [0.4, 0.5) is 13.2 Å². The van der Waals surface area contributed by atoms with Crippen LogP contribution in [0.15, 0.2) is 36.8 Å². The summed E-state index contributed by atoms with van der Waals surface area (Å²) in [6.07, 6.45) is -0.393. The lowest BCUT2D eigenvalue weighted by atomic mass is 10.2. The molecular formula is C15H13F3N4O2. The Morgan fingerprint density at radius 3 is 2.67 bits per heavy atom. The van der Waals surface area contributed by atoms with Crippen molar-refractivity contribution in [1.29, 1.82) is 0 Å². The molecule has 2 aromatic rings. The van der Waals surface area contributed by atoms with E-state index in [0.717, 1.165) is 18.3 Å². The second kappa shape index (κ2) is 6.42. The lowest BCUT2D eigenvalue weighted by Crippen LogP contribution is -2.32. The number of rotatable bonds is 3. The van der Waals surface area contributed by atoms with Crippen molar-refractivity contribution in [2.75, 3.05) is 13.1 Å². The molecule has 1 aliphatic rings. The van der Waals surface area contributed by atoms with Crippen LogP contribution in [-0.4, -0.2) is 45.0 Å². The normalized spacial score (nSPS) is 17.8. The molecule has 24 heavy (non-hydrogen) atoms. The number of likely N-dealkylation sites (tertiary alicyclic amines) is 1. The zero-order valence-electron chi connectivity index (χ0n) is 12.4. The van der Waals surface area contributed by atoms with Gasteiger partial charge in [0, 0.05) is 37.6 Å². The van der Waals surface area contributed by atoms with Crippen molar-refractivity contribution in [2.24, 2.45) is 0 Å². The molecule has 1 aliphatic heterocycles. The van der Waals surface area contributed by atoms with Gasteiger partial charge in [-0.25, -0.2) is 15.0 Å². The van der Waals surface area contributed by atoms with Gasteiger partial charge in [-0.1, -0.05) is 0 Å². The third-order valence-electron chi connectivity index (χ3n) is 3.54. The predicted molar refractivity (Wildman–Crippen MR) is 76.2 cm³/mol. The van der Waals surface area contributed by atoms with Gasteiger partial charge in [0.1, 0.15) is 6.10 Å². The number of alkyl halides is 3. The highest BCUT2D eigenvalue weighted by atomic mass is 19.4. The van der Waals surface area contributed by atoms with Gasteiger partial charge in [0.2, 0.25) is 11.7 Å². The van der Waals surface area contributed by atoms with Crippen molar-refractivity contribution in [3.05, 3.63) is 48.2 Å². The van der Waals surface area contributed by atoms with Crippen LogP contribution in [0.5, 0.6) is 5.88 Å². The molecule has 2 aromatic heterocycles. The summed E-state index contributed by atoms with van der Waals surface area (Å²) in [6, 6.07) is 3.33. The number of amides is 1. The maximum absolute atomic E-state index is 12.7. The van der Waals surface area contributed by atoms with Gasteiger partial charge < -0.3 is 9.64 Å². The lowest BCUT2D eigenvalue weighted by molar-refractivity contribution is -0.137. The number of hydrogen-bond donors (Lipinski definition) is 0. The number of aromatic nitrogens is 3. The minimum absolute atomic E-state index is 0.0790. The van der Waals surface area contributed by atoms with E-state index in [-0.39, 0.29) is 24.2 Å². The van der Waals surface area contributed by atoms with Crippen molar-refractivity contribution in [2.45, 2.75) is 18.7 Å². The summed E-state index contributed by atoms with van der Waals surface area (Å²) < 4.78 is 43.5. The first kappa shape index (κ1) is 16.2. The minimum Gasteiger partial charge on any atom is -0.472 e. The molecule has 1 atom stereocenters. The van der Waals surface area contributed by atoms with Crippen LogP contribution < -0.4 is 4.74 Å². The van der Waals surface area contributed by atoms with Crippen molar-refractivity contribution < 1.29 is 22.7 Å². The van der Waals surface area contributed by atoms with E-state index in [9.17, 15) is 18.0 Å². The third kappa shape index (κ3) is 3.61. The molecular weight excluding hydrogens is 325 g/mol. The topological polar surface area (TPSA) is 68.2 Å². The quantitative estimate of drug-likeness (QED) is 0.858. The molecule has 0 aliphatic carbocycles. The maximum Gasteiger partial charge on any atom is 0.416 e. The minimum atomic E-state index is -4.45.